The van der Waals surface area contributed by atoms with E-state index in [-0.39, 0.29) is 18.0 Å². The molecule has 3 aromatic rings. The molecule has 3 rings (SSSR count). The Bertz CT molecular complexity index is 1050. The first-order valence-electron chi connectivity index (χ1n) is 9.36. The third-order valence-corrected chi connectivity index (χ3v) is 4.28. The Morgan fingerprint density at radius 2 is 1.80 bits per heavy atom. The van der Waals surface area contributed by atoms with E-state index < -0.39 is 0 Å². The molecule has 0 saturated carbocycles. The Labute approximate surface area is 174 Å². The van der Waals surface area contributed by atoms with E-state index in [0.29, 0.717) is 35.9 Å². The molecule has 0 saturated heterocycles. The number of amides is 1. The fourth-order valence-electron chi connectivity index (χ4n) is 2.79. The van der Waals surface area contributed by atoms with Crippen molar-refractivity contribution >= 4 is 5.91 Å². The van der Waals surface area contributed by atoms with Crippen molar-refractivity contribution in [2.24, 2.45) is 0 Å². The first-order chi connectivity index (χ1) is 14.6. The van der Waals surface area contributed by atoms with E-state index in [9.17, 15) is 9.59 Å². The quantitative estimate of drug-likeness (QED) is 0.545. The number of carbonyl (C=O) groups excluding carboxylic acids is 1. The number of methoxy groups -OCH3 is 2. The second kappa shape index (κ2) is 10.1. The fraction of sp³-hybridized carbons (Fsp3) is 0.227. The van der Waals surface area contributed by atoms with Crippen LogP contribution in [0.2, 0.25) is 0 Å². The first-order valence-corrected chi connectivity index (χ1v) is 9.36. The lowest BCUT2D eigenvalue weighted by Gasteiger charge is -2.12. The molecule has 0 aliphatic heterocycles. The second-order valence-corrected chi connectivity index (χ2v) is 6.29. The topological polar surface area (TPSA) is 91.7 Å². The average Bonchev–Trinajstić information content (AvgIpc) is 2.78. The van der Waals surface area contributed by atoms with Gasteiger partial charge in [-0.1, -0.05) is 18.2 Å². The number of rotatable bonds is 9. The van der Waals surface area contributed by atoms with Gasteiger partial charge in [0.25, 0.3) is 5.56 Å². The van der Waals surface area contributed by atoms with Crippen LogP contribution in [-0.2, 0) is 11.3 Å². The van der Waals surface area contributed by atoms with E-state index in [1.807, 2.05) is 30.3 Å². The minimum Gasteiger partial charge on any atom is -0.497 e. The Kier molecular flexibility index (Phi) is 7.05. The van der Waals surface area contributed by atoms with E-state index in [1.165, 1.54) is 6.07 Å². The zero-order valence-electron chi connectivity index (χ0n) is 16.8. The molecule has 0 aliphatic carbocycles. The van der Waals surface area contributed by atoms with Gasteiger partial charge in [0.1, 0.15) is 30.4 Å². The number of nitrogens with zero attached hydrogens (tertiary/aromatic N) is 2. The molecule has 8 nitrogen and oxygen atoms in total. The number of nitrogens with one attached hydrogen (secondary N) is 1. The fourth-order valence-corrected chi connectivity index (χ4v) is 2.79. The number of benzene rings is 2. The average molecular weight is 409 g/mol. The van der Waals surface area contributed by atoms with Crippen molar-refractivity contribution in [3.05, 3.63) is 71.0 Å². The summed E-state index contributed by atoms with van der Waals surface area (Å²) in [5.74, 6) is 1.60. The summed E-state index contributed by atoms with van der Waals surface area (Å²) in [5, 5.41) is 7.04. The smallest absolute Gasteiger partial charge is 0.267 e. The van der Waals surface area contributed by atoms with Gasteiger partial charge in [0.15, 0.2) is 0 Å². The Balaban J connectivity index is 1.65. The number of para-hydroxylation sites is 1. The summed E-state index contributed by atoms with van der Waals surface area (Å²) >= 11 is 0. The van der Waals surface area contributed by atoms with Crippen molar-refractivity contribution in [1.29, 1.82) is 0 Å². The van der Waals surface area contributed by atoms with Crippen molar-refractivity contribution in [2.75, 3.05) is 27.4 Å². The van der Waals surface area contributed by atoms with Gasteiger partial charge in [0.05, 0.1) is 26.5 Å². The molecule has 1 amide bonds. The highest BCUT2D eigenvalue weighted by molar-refractivity contribution is 5.75. The van der Waals surface area contributed by atoms with Crippen LogP contribution < -0.4 is 25.1 Å². The molecule has 0 radical (unpaired) electrons. The van der Waals surface area contributed by atoms with Crippen molar-refractivity contribution in [3.63, 3.8) is 0 Å². The number of aromatic nitrogens is 2. The standard InChI is InChI=1S/C22H23N3O5/c1-28-17-8-10-20(29-2)18(14-17)19-9-11-22(27)25(24-19)15-21(26)23-12-13-30-16-6-4-3-5-7-16/h3-11,14H,12-13,15H2,1-2H3,(H,23,26). The van der Waals surface area contributed by atoms with Crippen LogP contribution in [0.25, 0.3) is 11.3 Å². The molecule has 0 unspecified atom stereocenters. The monoisotopic (exact) mass is 409 g/mol. The maximum Gasteiger partial charge on any atom is 0.267 e. The van der Waals surface area contributed by atoms with Crippen molar-refractivity contribution in [3.8, 4) is 28.5 Å². The molecular formula is C22H23N3O5. The summed E-state index contributed by atoms with van der Waals surface area (Å²) in [5.41, 5.74) is 0.768. The number of ether oxygens (including phenoxy) is 3. The molecule has 1 heterocycles. The zero-order chi connectivity index (χ0) is 21.3. The predicted molar refractivity (Wildman–Crippen MR) is 112 cm³/mol. The third-order valence-electron chi connectivity index (χ3n) is 4.28. The van der Waals surface area contributed by atoms with Crippen molar-refractivity contribution in [2.45, 2.75) is 6.54 Å². The summed E-state index contributed by atoms with van der Waals surface area (Å²) in [6.07, 6.45) is 0. The molecule has 0 bridgehead atoms. The molecule has 2 aromatic carbocycles. The molecule has 0 aliphatic rings. The molecule has 1 aromatic heterocycles. The van der Waals surface area contributed by atoms with Gasteiger partial charge < -0.3 is 19.5 Å². The molecule has 0 atom stereocenters. The van der Waals surface area contributed by atoms with Crippen LogP contribution in [0.4, 0.5) is 0 Å². The van der Waals surface area contributed by atoms with Gasteiger partial charge in [-0.15, -0.1) is 0 Å². The van der Waals surface area contributed by atoms with Crippen LogP contribution in [0.15, 0.2) is 65.5 Å². The van der Waals surface area contributed by atoms with Crippen LogP contribution in [0, 0.1) is 0 Å². The number of hydrogen-bond donors (Lipinski definition) is 1. The van der Waals surface area contributed by atoms with E-state index in [2.05, 4.69) is 10.4 Å². The van der Waals surface area contributed by atoms with Crippen molar-refractivity contribution in [1.82, 2.24) is 15.1 Å². The highest BCUT2D eigenvalue weighted by Crippen LogP contribution is 2.31. The lowest BCUT2D eigenvalue weighted by Crippen LogP contribution is -2.35. The predicted octanol–water partition coefficient (Wildman–Crippen LogP) is 2.12. The highest BCUT2D eigenvalue weighted by Gasteiger charge is 2.12. The summed E-state index contributed by atoms with van der Waals surface area (Å²) in [6.45, 7) is 0.426. The van der Waals surface area contributed by atoms with E-state index >= 15 is 0 Å². The summed E-state index contributed by atoms with van der Waals surface area (Å²) in [4.78, 5) is 24.4. The Morgan fingerprint density at radius 3 is 2.53 bits per heavy atom. The molecular weight excluding hydrogens is 386 g/mol. The van der Waals surface area contributed by atoms with E-state index in [4.69, 9.17) is 14.2 Å². The van der Waals surface area contributed by atoms with Crippen LogP contribution in [0.3, 0.4) is 0 Å². The van der Waals surface area contributed by atoms with E-state index in [1.54, 1.807) is 38.5 Å². The van der Waals surface area contributed by atoms with Crippen LogP contribution >= 0.6 is 0 Å². The molecule has 8 heteroatoms. The largest absolute Gasteiger partial charge is 0.497 e. The van der Waals surface area contributed by atoms with Gasteiger partial charge in [0.2, 0.25) is 5.91 Å². The lowest BCUT2D eigenvalue weighted by molar-refractivity contribution is -0.122. The minimum atomic E-state index is -0.378. The summed E-state index contributed by atoms with van der Waals surface area (Å²) in [6, 6.07) is 17.5. The zero-order valence-corrected chi connectivity index (χ0v) is 16.8. The lowest BCUT2D eigenvalue weighted by atomic mass is 10.1. The van der Waals surface area contributed by atoms with Crippen LogP contribution in [0.1, 0.15) is 0 Å². The number of hydrogen-bond acceptors (Lipinski definition) is 6. The summed E-state index contributed by atoms with van der Waals surface area (Å²) < 4.78 is 17.3. The van der Waals surface area contributed by atoms with Crippen LogP contribution in [0.5, 0.6) is 17.2 Å². The number of carbonyl (C=O) groups is 1. The molecule has 0 fully saturated rings. The maximum absolute atomic E-state index is 12.2. The molecule has 156 valence electrons. The SMILES string of the molecule is COc1ccc(OC)c(-c2ccc(=O)n(CC(=O)NCCOc3ccccc3)n2)c1. The maximum atomic E-state index is 12.2. The Morgan fingerprint density at radius 1 is 1.00 bits per heavy atom. The third kappa shape index (κ3) is 5.38. The second-order valence-electron chi connectivity index (χ2n) is 6.29. The Hall–Kier alpha value is -3.81. The highest BCUT2D eigenvalue weighted by atomic mass is 16.5. The van der Waals surface area contributed by atoms with Gasteiger partial charge in [0, 0.05) is 11.6 Å². The normalized spacial score (nSPS) is 10.3. The van der Waals surface area contributed by atoms with Crippen LogP contribution in [-0.4, -0.2) is 43.1 Å². The van der Waals surface area contributed by atoms with Crippen molar-refractivity contribution < 1.29 is 19.0 Å². The van der Waals surface area contributed by atoms with Gasteiger partial charge in [-0.3, -0.25) is 9.59 Å². The summed E-state index contributed by atoms with van der Waals surface area (Å²) in [7, 11) is 3.11. The van der Waals surface area contributed by atoms with Gasteiger partial charge in [-0.25, -0.2) is 4.68 Å². The van der Waals surface area contributed by atoms with Gasteiger partial charge >= 0.3 is 0 Å². The first kappa shape index (κ1) is 20.9. The van der Waals surface area contributed by atoms with E-state index in [0.717, 1.165) is 10.4 Å². The molecule has 0 spiro atoms. The molecule has 1 N–H and O–H groups in total. The van der Waals surface area contributed by atoms with Gasteiger partial charge in [-0.2, -0.15) is 5.10 Å². The molecule has 30 heavy (non-hydrogen) atoms. The minimum absolute atomic E-state index is 0.204. The van der Waals surface area contributed by atoms with Gasteiger partial charge in [-0.05, 0) is 36.4 Å².